The molecule has 102 valence electrons. The van der Waals surface area contributed by atoms with Crippen molar-refractivity contribution in [3.63, 3.8) is 0 Å². The lowest BCUT2D eigenvalue weighted by atomic mass is 10.1. The van der Waals surface area contributed by atoms with Crippen molar-refractivity contribution in [2.45, 2.75) is 38.5 Å². The third-order valence-electron chi connectivity index (χ3n) is 3.19. The van der Waals surface area contributed by atoms with E-state index in [0.717, 1.165) is 18.4 Å². The molecule has 0 aliphatic carbocycles. The summed E-state index contributed by atoms with van der Waals surface area (Å²) in [5, 5.41) is 11.6. The van der Waals surface area contributed by atoms with Crippen LogP contribution in [0.1, 0.15) is 35.7 Å². The topological polar surface area (TPSA) is 75.6 Å². The smallest absolute Gasteiger partial charge is 0.335 e. The molecule has 0 bridgehead atoms. The zero-order valence-electron chi connectivity index (χ0n) is 10.8. The van der Waals surface area contributed by atoms with E-state index in [0.29, 0.717) is 6.54 Å². The molecule has 5 nitrogen and oxygen atoms in total. The molecule has 2 N–H and O–H groups in total. The predicted octanol–water partition coefficient (Wildman–Crippen LogP) is 1.57. The maximum atomic E-state index is 11.8. The zero-order chi connectivity index (χ0) is 13.8. The van der Waals surface area contributed by atoms with Gasteiger partial charge in [-0.3, -0.25) is 4.79 Å². The first kappa shape index (κ1) is 13.5. The lowest BCUT2D eigenvalue weighted by Gasteiger charge is -2.11. The number of rotatable bonds is 4. The third-order valence-corrected chi connectivity index (χ3v) is 3.19. The van der Waals surface area contributed by atoms with Crippen molar-refractivity contribution >= 4 is 11.9 Å². The second kappa shape index (κ2) is 5.84. The number of aromatic carboxylic acids is 1. The molecule has 0 aromatic heterocycles. The van der Waals surface area contributed by atoms with Crippen LogP contribution in [0.3, 0.4) is 0 Å². The van der Waals surface area contributed by atoms with Crippen LogP contribution >= 0.6 is 0 Å². The summed E-state index contributed by atoms with van der Waals surface area (Å²) in [5.74, 6) is -1.06. The standard InChI is InChI=1S/C14H17NO4/c1-9-2-7-12(19-9)13(16)15-8-10-3-5-11(6-4-10)14(17)18/h3-6,9,12H,2,7-8H2,1H3,(H,15,16)(H,17,18). The van der Waals surface area contributed by atoms with Crippen LogP contribution in [0.15, 0.2) is 24.3 Å². The summed E-state index contributed by atoms with van der Waals surface area (Å²) in [6, 6.07) is 6.44. The van der Waals surface area contributed by atoms with Crippen LogP contribution in [0.5, 0.6) is 0 Å². The molecule has 1 saturated heterocycles. The number of ether oxygens (including phenoxy) is 1. The van der Waals surface area contributed by atoms with Crippen LogP contribution in [0.4, 0.5) is 0 Å². The largest absolute Gasteiger partial charge is 0.478 e. The maximum Gasteiger partial charge on any atom is 0.335 e. The van der Waals surface area contributed by atoms with E-state index in [-0.39, 0.29) is 23.7 Å². The Bertz CT molecular complexity index is 469. The Hall–Kier alpha value is -1.88. The molecule has 1 aromatic carbocycles. The molecule has 2 unspecified atom stereocenters. The Kier molecular flexibility index (Phi) is 4.16. The molecule has 0 saturated carbocycles. The molecular weight excluding hydrogens is 246 g/mol. The molecule has 1 fully saturated rings. The number of hydrogen-bond acceptors (Lipinski definition) is 3. The summed E-state index contributed by atoms with van der Waals surface area (Å²) in [6.07, 6.45) is 1.45. The minimum Gasteiger partial charge on any atom is -0.478 e. The molecule has 2 rings (SSSR count). The first-order chi connectivity index (χ1) is 9.06. The zero-order valence-corrected chi connectivity index (χ0v) is 10.8. The molecule has 1 amide bonds. The highest BCUT2D eigenvalue weighted by Crippen LogP contribution is 2.19. The van der Waals surface area contributed by atoms with Crippen LogP contribution < -0.4 is 5.32 Å². The van der Waals surface area contributed by atoms with Crippen LogP contribution in [-0.4, -0.2) is 29.2 Å². The second-order valence-corrected chi connectivity index (χ2v) is 4.73. The molecular formula is C14H17NO4. The van der Waals surface area contributed by atoms with Gasteiger partial charge >= 0.3 is 5.97 Å². The average molecular weight is 263 g/mol. The summed E-state index contributed by atoms with van der Waals surface area (Å²) in [4.78, 5) is 22.5. The molecule has 2 atom stereocenters. The van der Waals surface area contributed by atoms with Crippen LogP contribution in [0, 0.1) is 0 Å². The Morgan fingerprint density at radius 2 is 2.00 bits per heavy atom. The normalized spacial score (nSPS) is 22.2. The van der Waals surface area contributed by atoms with Crippen molar-refractivity contribution in [1.29, 1.82) is 0 Å². The van der Waals surface area contributed by atoms with Gasteiger partial charge in [-0.25, -0.2) is 4.79 Å². The van der Waals surface area contributed by atoms with E-state index in [1.54, 1.807) is 12.1 Å². The number of carbonyl (C=O) groups is 2. The van der Waals surface area contributed by atoms with Gasteiger partial charge in [-0.15, -0.1) is 0 Å². The summed E-state index contributed by atoms with van der Waals surface area (Å²) in [5.41, 5.74) is 1.10. The lowest BCUT2D eigenvalue weighted by molar-refractivity contribution is -0.131. The molecule has 0 radical (unpaired) electrons. The highest BCUT2D eigenvalue weighted by Gasteiger charge is 2.27. The first-order valence-corrected chi connectivity index (χ1v) is 6.31. The number of carboxylic acid groups (broad SMARTS) is 1. The van der Waals surface area contributed by atoms with Gasteiger partial charge in [-0.1, -0.05) is 12.1 Å². The Balaban J connectivity index is 1.85. The average Bonchev–Trinajstić information content (AvgIpc) is 2.83. The molecule has 5 heteroatoms. The lowest BCUT2D eigenvalue weighted by Crippen LogP contribution is -2.34. The monoisotopic (exact) mass is 263 g/mol. The van der Waals surface area contributed by atoms with Gasteiger partial charge in [0.15, 0.2) is 0 Å². The molecule has 1 aliphatic heterocycles. The summed E-state index contributed by atoms with van der Waals surface area (Å²) in [6.45, 7) is 2.34. The molecule has 1 aliphatic rings. The summed E-state index contributed by atoms with van der Waals surface area (Å²) >= 11 is 0. The maximum absolute atomic E-state index is 11.8. The van der Waals surface area contributed by atoms with E-state index in [9.17, 15) is 9.59 Å². The fraction of sp³-hybridized carbons (Fsp3) is 0.429. The van der Waals surface area contributed by atoms with Crippen molar-refractivity contribution < 1.29 is 19.4 Å². The van der Waals surface area contributed by atoms with Crippen LogP contribution in [0.2, 0.25) is 0 Å². The number of carboxylic acids is 1. The van der Waals surface area contributed by atoms with E-state index < -0.39 is 5.97 Å². The quantitative estimate of drug-likeness (QED) is 0.864. The van der Waals surface area contributed by atoms with Gasteiger partial charge in [0.25, 0.3) is 0 Å². The predicted molar refractivity (Wildman–Crippen MR) is 68.8 cm³/mol. The van der Waals surface area contributed by atoms with Crippen molar-refractivity contribution in [2.75, 3.05) is 0 Å². The van der Waals surface area contributed by atoms with E-state index in [4.69, 9.17) is 9.84 Å². The minimum absolute atomic E-state index is 0.105. The second-order valence-electron chi connectivity index (χ2n) is 4.73. The van der Waals surface area contributed by atoms with Gasteiger partial charge in [0.05, 0.1) is 11.7 Å². The van der Waals surface area contributed by atoms with Crippen molar-refractivity contribution in [3.8, 4) is 0 Å². The number of hydrogen-bond donors (Lipinski definition) is 2. The molecule has 1 aromatic rings. The van der Waals surface area contributed by atoms with Gasteiger partial charge in [0.2, 0.25) is 5.91 Å². The van der Waals surface area contributed by atoms with Crippen molar-refractivity contribution in [2.24, 2.45) is 0 Å². The van der Waals surface area contributed by atoms with Gasteiger partial charge in [-0.05, 0) is 37.5 Å². The number of carbonyl (C=O) groups excluding carboxylic acids is 1. The SMILES string of the molecule is CC1CCC(C(=O)NCc2ccc(C(=O)O)cc2)O1. The van der Waals surface area contributed by atoms with Gasteiger partial charge in [0, 0.05) is 6.54 Å². The Morgan fingerprint density at radius 1 is 1.32 bits per heavy atom. The van der Waals surface area contributed by atoms with Gasteiger partial charge in [-0.2, -0.15) is 0 Å². The number of nitrogens with one attached hydrogen (secondary N) is 1. The summed E-state index contributed by atoms with van der Waals surface area (Å²) < 4.78 is 5.47. The van der Waals surface area contributed by atoms with E-state index in [1.165, 1.54) is 12.1 Å². The Labute approximate surface area is 111 Å². The highest BCUT2D eigenvalue weighted by atomic mass is 16.5. The minimum atomic E-state index is -0.955. The van der Waals surface area contributed by atoms with E-state index in [1.807, 2.05) is 6.92 Å². The molecule has 19 heavy (non-hydrogen) atoms. The van der Waals surface area contributed by atoms with Crippen molar-refractivity contribution in [3.05, 3.63) is 35.4 Å². The number of benzene rings is 1. The van der Waals surface area contributed by atoms with Crippen LogP contribution in [0.25, 0.3) is 0 Å². The van der Waals surface area contributed by atoms with E-state index in [2.05, 4.69) is 5.32 Å². The van der Waals surface area contributed by atoms with Gasteiger partial charge in [0.1, 0.15) is 6.10 Å². The van der Waals surface area contributed by atoms with Crippen LogP contribution in [-0.2, 0) is 16.1 Å². The van der Waals surface area contributed by atoms with Gasteiger partial charge < -0.3 is 15.2 Å². The fourth-order valence-corrected chi connectivity index (χ4v) is 2.06. The summed E-state index contributed by atoms with van der Waals surface area (Å²) in [7, 11) is 0. The number of amides is 1. The molecule has 1 heterocycles. The Morgan fingerprint density at radius 3 is 2.53 bits per heavy atom. The van der Waals surface area contributed by atoms with E-state index >= 15 is 0 Å². The van der Waals surface area contributed by atoms with Crippen molar-refractivity contribution in [1.82, 2.24) is 5.32 Å². The third kappa shape index (κ3) is 3.54. The highest BCUT2D eigenvalue weighted by molar-refractivity contribution is 5.87. The first-order valence-electron chi connectivity index (χ1n) is 6.31. The molecule has 0 spiro atoms. The fourth-order valence-electron chi connectivity index (χ4n) is 2.06.